The van der Waals surface area contributed by atoms with Gasteiger partial charge in [0.15, 0.2) is 0 Å². The summed E-state index contributed by atoms with van der Waals surface area (Å²) in [7, 11) is -3.84. The molecule has 0 spiro atoms. The molecule has 2 heterocycles. The number of hydrogen-bond donors (Lipinski definition) is 2. The van der Waals surface area contributed by atoms with E-state index in [0.29, 0.717) is 37.7 Å². The topological polar surface area (TPSA) is 109 Å². The third kappa shape index (κ3) is 13.4. The van der Waals surface area contributed by atoms with Crippen molar-refractivity contribution in [3.05, 3.63) is 267 Å². The number of hydrogen-bond acceptors (Lipinski definition) is 10. The van der Waals surface area contributed by atoms with Gasteiger partial charge in [0.25, 0.3) is 0 Å². The number of aliphatic hydroxyl groups is 2. The molecule has 10 aromatic carbocycles. The van der Waals surface area contributed by atoms with E-state index in [4.69, 9.17) is 9.47 Å². The van der Waals surface area contributed by atoms with Crippen LogP contribution in [0.5, 0.6) is 0 Å². The molecule has 12 aromatic rings. The van der Waals surface area contributed by atoms with Crippen LogP contribution < -0.4 is 9.80 Å². The molecule has 0 saturated carbocycles. The van der Waals surface area contributed by atoms with E-state index in [0.717, 1.165) is 54.6 Å². The van der Waals surface area contributed by atoms with Gasteiger partial charge in [-0.25, -0.2) is 8.42 Å². The summed E-state index contributed by atoms with van der Waals surface area (Å²) < 4.78 is 46.1. The van der Waals surface area contributed by atoms with Gasteiger partial charge in [-0.2, -0.15) is 0 Å². The monoisotopic (exact) mass is 1180 g/mol. The molecule has 0 saturated heterocycles. The minimum absolute atomic E-state index is 0.105. The van der Waals surface area contributed by atoms with Gasteiger partial charge in [-0.1, -0.05) is 146 Å². The van der Waals surface area contributed by atoms with Crippen LogP contribution in [-0.2, 0) is 32.4 Å². The Balaban J connectivity index is 0.673. The molecular weight excluding hydrogens is 1110 g/mol. The highest BCUT2D eigenvalue weighted by Crippen LogP contribution is 2.35. The van der Waals surface area contributed by atoms with E-state index < -0.39 is 22.0 Å². The molecule has 2 N–H and O–H groups in total. The smallest absolute Gasteiger partial charge is 0.206 e. The first-order valence-electron chi connectivity index (χ1n) is 28.7. The Kier molecular flexibility index (Phi) is 18.1. The molecular formula is C72H66N4O6S3. The summed E-state index contributed by atoms with van der Waals surface area (Å²) in [6.07, 6.45) is -2.25. The van der Waals surface area contributed by atoms with Crippen molar-refractivity contribution in [1.29, 1.82) is 0 Å². The number of benzene rings is 10. The van der Waals surface area contributed by atoms with E-state index in [2.05, 4.69) is 165 Å². The lowest BCUT2D eigenvalue weighted by Gasteiger charge is -2.31. The number of aromatic nitrogens is 2. The van der Waals surface area contributed by atoms with E-state index in [1.54, 1.807) is 48.5 Å². The molecule has 0 aliphatic carbocycles. The van der Waals surface area contributed by atoms with Crippen LogP contribution in [0.3, 0.4) is 0 Å². The van der Waals surface area contributed by atoms with Crippen LogP contribution in [-0.4, -0.2) is 90.0 Å². The van der Waals surface area contributed by atoms with Crippen molar-refractivity contribution in [2.24, 2.45) is 0 Å². The van der Waals surface area contributed by atoms with E-state index in [1.165, 1.54) is 45.1 Å². The van der Waals surface area contributed by atoms with Gasteiger partial charge < -0.3 is 38.6 Å². The summed E-state index contributed by atoms with van der Waals surface area (Å²) >= 11 is 2.90. The lowest BCUT2D eigenvalue weighted by Crippen LogP contribution is -2.36. The molecule has 428 valence electrons. The fourth-order valence-corrected chi connectivity index (χ4v) is 14.1. The van der Waals surface area contributed by atoms with Crippen LogP contribution in [0.1, 0.15) is 0 Å². The maximum atomic E-state index is 14.0. The fraction of sp³-hybridized carbons (Fsp3) is 0.167. The Hall–Kier alpha value is -8.11. The maximum Gasteiger partial charge on any atom is 0.206 e. The van der Waals surface area contributed by atoms with Gasteiger partial charge in [-0.3, -0.25) is 0 Å². The molecule has 0 bridgehead atoms. The maximum absolute atomic E-state index is 14.0. The molecule has 12 rings (SSSR count). The van der Waals surface area contributed by atoms with Crippen molar-refractivity contribution in [3.63, 3.8) is 0 Å². The fourth-order valence-electron chi connectivity index (χ4n) is 11.2. The third-order valence-corrected chi connectivity index (χ3v) is 19.5. The third-order valence-electron chi connectivity index (χ3n) is 15.4. The van der Waals surface area contributed by atoms with Gasteiger partial charge in [-0.15, -0.1) is 23.5 Å². The molecule has 85 heavy (non-hydrogen) atoms. The molecule has 10 nitrogen and oxygen atoms in total. The van der Waals surface area contributed by atoms with Gasteiger partial charge in [0.2, 0.25) is 9.84 Å². The summed E-state index contributed by atoms with van der Waals surface area (Å²) in [5.41, 5.74) is 8.66. The average Bonchev–Trinajstić information content (AvgIpc) is 3.17. The van der Waals surface area contributed by atoms with Crippen LogP contribution in [0.25, 0.3) is 43.6 Å². The summed E-state index contributed by atoms with van der Waals surface area (Å²) in [4.78, 5) is 6.55. The highest BCUT2D eigenvalue weighted by molar-refractivity contribution is 7.99. The Bertz CT molecular complexity index is 3770. The summed E-state index contributed by atoms with van der Waals surface area (Å²) in [6, 6.07) is 88.7. The number of nitrogens with zero attached hydrogens (tertiary/aromatic N) is 4. The van der Waals surface area contributed by atoms with Gasteiger partial charge in [0, 0.05) is 87.7 Å². The molecule has 0 aliphatic heterocycles. The Labute approximate surface area is 505 Å². The normalized spacial score (nSPS) is 13.3. The van der Waals surface area contributed by atoms with E-state index >= 15 is 0 Å². The van der Waals surface area contributed by atoms with Gasteiger partial charge in [0.1, 0.15) is 0 Å². The van der Waals surface area contributed by atoms with Crippen LogP contribution >= 0.6 is 23.5 Å². The number of sulfone groups is 1. The second-order valence-corrected chi connectivity index (χ2v) is 25.3. The summed E-state index contributed by atoms with van der Waals surface area (Å²) in [5.74, 6) is 0.694. The number of rotatable bonds is 26. The predicted molar refractivity (Wildman–Crippen MR) is 350 cm³/mol. The number of anilines is 4. The van der Waals surface area contributed by atoms with Gasteiger partial charge >= 0.3 is 0 Å². The van der Waals surface area contributed by atoms with Crippen molar-refractivity contribution >= 4 is 99.7 Å². The lowest BCUT2D eigenvalue weighted by molar-refractivity contribution is -0.00311. The van der Waals surface area contributed by atoms with E-state index in [9.17, 15) is 18.6 Å². The standard InChI is InChI=1S/C72H66N4O6S3/c77-57(49-81-59(45-73(53-21-5-1-6-22-53)54-23-7-2-8-24-54)47-75-69-33-17-13-29-65(69)66-30-14-18-34-70(66)75)51-83-61-37-41-63(42-38-61)85(79,80)64-43-39-62(40-44-64)84-52-58(78)50-82-60(46-74(55-25-9-3-10-26-55)56-27-11-4-12-28-56)48-76-71-35-19-15-31-67(71)68-32-16-20-36-72(68)76/h1-44,57-60,77-78H,45-52H2. The van der Waals surface area contributed by atoms with Crippen LogP contribution in [0, 0.1) is 0 Å². The molecule has 0 amide bonds. The molecule has 4 atom stereocenters. The molecule has 13 heteroatoms. The predicted octanol–water partition coefficient (Wildman–Crippen LogP) is 15.5. The Morgan fingerprint density at radius 2 is 0.635 bits per heavy atom. The zero-order valence-electron chi connectivity index (χ0n) is 46.9. The zero-order chi connectivity index (χ0) is 58.0. The first kappa shape index (κ1) is 57.3. The number of aliphatic hydroxyl groups excluding tert-OH is 2. The zero-order valence-corrected chi connectivity index (χ0v) is 49.4. The lowest BCUT2D eigenvalue weighted by atomic mass is 10.2. The highest BCUT2D eigenvalue weighted by atomic mass is 32.2. The minimum atomic E-state index is -3.84. The van der Waals surface area contributed by atoms with Crippen molar-refractivity contribution in [3.8, 4) is 0 Å². The van der Waals surface area contributed by atoms with Gasteiger partial charge in [0.05, 0.1) is 73.6 Å². The number of thioether (sulfide) groups is 2. The molecule has 0 aliphatic rings. The van der Waals surface area contributed by atoms with Crippen LogP contribution in [0.2, 0.25) is 0 Å². The van der Waals surface area contributed by atoms with Crippen molar-refractivity contribution in [2.75, 3.05) is 47.6 Å². The summed E-state index contributed by atoms with van der Waals surface area (Å²) in [6.45, 7) is 2.38. The first-order valence-corrected chi connectivity index (χ1v) is 32.2. The van der Waals surface area contributed by atoms with E-state index in [-0.39, 0.29) is 35.2 Å². The van der Waals surface area contributed by atoms with Gasteiger partial charge in [-0.05, 0) is 121 Å². The summed E-state index contributed by atoms with van der Waals surface area (Å²) in [5, 5.41) is 27.7. The Morgan fingerprint density at radius 3 is 0.929 bits per heavy atom. The Morgan fingerprint density at radius 1 is 0.365 bits per heavy atom. The number of fused-ring (bicyclic) bond motifs is 6. The highest BCUT2D eigenvalue weighted by Gasteiger charge is 2.25. The van der Waals surface area contributed by atoms with Crippen LogP contribution in [0.4, 0.5) is 22.7 Å². The second kappa shape index (κ2) is 26.9. The van der Waals surface area contributed by atoms with Crippen molar-refractivity contribution in [2.45, 2.75) is 57.1 Å². The largest absolute Gasteiger partial charge is 0.390 e. The molecule has 2 aromatic heterocycles. The minimum Gasteiger partial charge on any atom is -0.390 e. The van der Waals surface area contributed by atoms with E-state index in [1.807, 2.05) is 72.8 Å². The van der Waals surface area contributed by atoms with Crippen molar-refractivity contribution in [1.82, 2.24) is 9.13 Å². The number of ether oxygens (including phenoxy) is 2. The molecule has 0 fully saturated rings. The number of para-hydroxylation sites is 8. The SMILES string of the molecule is O=S(=O)(c1ccc(SCC(O)COC(CN(c2ccccc2)c2ccccc2)Cn2c3ccccc3c3ccccc32)cc1)c1ccc(SCC(O)COC(CN(c2ccccc2)c2ccccc2)Cn2c3ccccc3c3ccccc32)cc1. The first-order chi connectivity index (χ1) is 41.7. The molecule has 0 radical (unpaired) electrons. The molecule has 4 unspecified atom stereocenters. The van der Waals surface area contributed by atoms with Crippen LogP contribution in [0.15, 0.2) is 287 Å². The van der Waals surface area contributed by atoms with Crippen molar-refractivity contribution < 1.29 is 28.1 Å². The average molecular weight is 1180 g/mol. The quantitative estimate of drug-likeness (QED) is 0.0509. The second-order valence-electron chi connectivity index (χ2n) is 21.1.